The molecular weight excluding hydrogens is 154 g/mol. The Bertz CT molecular complexity index is 271. The van der Waals surface area contributed by atoms with Crippen LogP contribution in [0.15, 0.2) is 9.98 Å². The molecule has 1 aliphatic rings. The summed E-state index contributed by atoms with van der Waals surface area (Å²) in [7, 11) is 0. The fourth-order valence-electron chi connectivity index (χ4n) is 0.920. The van der Waals surface area contributed by atoms with Crippen LogP contribution in [0.5, 0.6) is 0 Å². The second-order valence-electron chi connectivity index (χ2n) is 3.81. The first kappa shape index (κ1) is 8.90. The second kappa shape index (κ2) is 2.69. The Morgan fingerprint density at radius 2 is 2.08 bits per heavy atom. The number of hydrogen-bond donors (Lipinski definition) is 1. The lowest BCUT2D eigenvalue weighted by Crippen LogP contribution is -2.29. The van der Waals surface area contributed by atoms with Crippen LogP contribution >= 0.6 is 0 Å². The van der Waals surface area contributed by atoms with Gasteiger partial charge in [0.15, 0.2) is 5.78 Å². The van der Waals surface area contributed by atoms with Crippen molar-refractivity contribution >= 4 is 17.5 Å². The van der Waals surface area contributed by atoms with Crippen molar-refractivity contribution < 1.29 is 4.79 Å². The Labute approximate surface area is 71.6 Å². The van der Waals surface area contributed by atoms with E-state index in [1.807, 2.05) is 20.8 Å². The number of hydrogen-bond acceptors (Lipinski definition) is 4. The maximum atomic E-state index is 11.6. The average Bonchev–Trinajstić information content (AvgIpc) is 2.32. The number of carbonyl (C=O) groups is 1. The fourth-order valence-corrected chi connectivity index (χ4v) is 0.920. The number of nitrogens with zero attached hydrogens (tertiary/aromatic N) is 2. The van der Waals surface area contributed by atoms with Crippen molar-refractivity contribution in [2.75, 3.05) is 6.54 Å². The van der Waals surface area contributed by atoms with E-state index in [0.29, 0.717) is 12.3 Å². The molecule has 4 heteroatoms. The van der Waals surface area contributed by atoms with Gasteiger partial charge in [0, 0.05) is 5.41 Å². The maximum absolute atomic E-state index is 11.6. The average molecular weight is 167 g/mol. The van der Waals surface area contributed by atoms with Gasteiger partial charge in [0.1, 0.15) is 5.71 Å². The molecule has 66 valence electrons. The van der Waals surface area contributed by atoms with Crippen molar-refractivity contribution in [2.24, 2.45) is 21.1 Å². The van der Waals surface area contributed by atoms with Gasteiger partial charge in [-0.15, -0.1) is 0 Å². The zero-order valence-corrected chi connectivity index (χ0v) is 7.59. The number of nitrogens with two attached hydrogens (primary N) is 1. The highest BCUT2D eigenvalue weighted by molar-refractivity contribution is 6.44. The number of rotatable bonds is 1. The number of Topliss-reactive ketones (excluding diaryl/α,β-unsaturated/α-hetero) is 1. The van der Waals surface area contributed by atoms with E-state index in [1.165, 1.54) is 0 Å². The number of ketones is 1. The first-order valence-electron chi connectivity index (χ1n) is 3.83. The largest absolute Gasteiger partial charge is 0.368 e. The first-order chi connectivity index (χ1) is 5.41. The summed E-state index contributed by atoms with van der Waals surface area (Å²) < 4.78 is 0. The lowest BCUT2D eigenvalue weighted by molar-refractivity contribution is -0.119. The molecule has 0 amide bonds. The lowest BCUT2D eigenvalue weighted by Gasteiger charge is -2.15. The molecule has 0 radical (unpaired) electrons. The molecular formula is C8H13N3O. The van der Waals surface area contributed by atoms with Crippen LogP contribution < -0.4 is 5.73 Å². The Morgan fingerprint density at radius 1 is 1.50 bits per heavy atom. The number of carbonyl (C=O) groups excluding carboxylic acids is 1. The van der Waals surface area contributed by atoms with Crippen molar-refractivity contribution in [1.29, 1.82) is 0 Å². The highest BCUT2D eigenvalue weighted by Crippen LogP contribution is 2.16. The number of guanidine groups is 1. The van der Waals surface area contributed by atoms with Crippen molar-refractivity contribution in [1.82, 2.24) is 0 Å². The van der Waals surface area contributed by atoms with Gasteiger partial charge in [-0.3, -0.25) is 4.79 Å². The maximum Gasteiger partial charge on any atom is 0.216 e. The van der Waals surface area contributed by atoms with Gasteiger partial charge in [-0.1, -0.05) is 20.8 Å². The van der Waals surface area contributed by atoms with Crippen LogP contribution in [0.2, 0.25) is 0 Å². The van der Waals surface area contributed by atoms with E-state index >= 15 is 0 Å². The molecule has 1 heterocycles. The molecule has 12 heavy (non-hydrogen) atoms. The Hall–Kier alpha value is -1.19. The molecule has 1 rings (SSSR count). The van der Waals surface area contributed by atoms with Crippen LogP contribution in [0.4, 0.5) is 0 Å². The van der Waals surface area contributed by atoms with Gasteiger partial charge in [-0.25, -0.2) is 9.98 Å². The molecule has 0 unspecified atom stereocenters. The molecule has 2 N–H and O–H groups in total. The SMILES string of the molecule is CC(C)(C)C(=O)C1=NC(N)=NC1. The summed E-state index contributed by atoms with van der Waals surface area (Å²) in [6.07, 6.45) is 0. The van der Waals surface area contributed by atoms with Crippen molar-refractivity contribution in [3.8, 4) is 0 Å². The van der Waals surface area contributed by atoms with Gasteiger partial charge in [0.05, 0.1) is 6.54 Å². The normalized spacial score (nSPS) is 17.2. The first-order valence-corrected chi connectivity index (χ1v) is 3.83. The van der Waals surface area contributed by atoms with E-state index in [-0.39, 0.29) is 17.2 Å². The molecule has 0 fully saturated rings. The van der Waals surface area contributed by atoms with Crippen molar-refractivity contribution in [2.45, 2.75) is 20.8 Å². The second-order valence-corrected chi connectivity index (χ2v) is 3.81. The van der Waals surface area contributed by atoms with E-state index in [2.05, 4.69) is 9.98 Å². The Balaban J connectivity index is 2.76. The predicted molar refractivity (Wildman–Crippen MR) is 48.4 cm³/mol. The lowest BCUT2D eigenvalue weighted by atomic mass is 9.88. The van der Waals surface area contributed by atoms with Crippen LogP contribution in [-0.4, -0.2) is 24.0 Å². The molecule has 4 nitrogen and oxygen atoms in total. The summed E-state index contributed by atoms with van der Waals surface area (Å²) in [6.45, 7) is 5.90. The summed E-state index contributed by atoms with van der Waals surface area (Å²) in [5, 5.41) is 0. The summed E-state index contributed by atoms with van der Waals surface area (Å²) in [5.74, 6) is 0.231. The van der Waals surface area contributed by atoms with Crippen LogP contribution in [0.3, 0.4) is 0 Å². The highest BCUT2D eigenvalue weighted by Gasteiger charge is 2.27. The highest BCUT2D eigenvalue weighted by atomic mass is 16.1. The molecule has 0 aliphatic carbocycles. The zero-order valence-electron chi connectivity index (χ0n) is 7.59. The van der Waals surface area contributed by atoms with E-state index in [9.17, 15) is 4.79 Å². The Morgan fingerprint density at radius 3 is 2.42 bits per heavy atom. The molecule has 0 bridgehead atoms. The summed E-state index contributed by atoms with van der Waals surface area (Å²) in [6, 6.07) is 0. The minimum atomic E-state index is -0.390. The molecule has 0 spiro atoms. The molecule has 0 aromatic carbocycles. The number of aliphatic imine (C=N–C) groups is 2. The molecule has 0 atom stereocenters. The third-order valence-electron chi connectivity index (χ3n) is 1.58. The van der Waals surface area contributed by atoms with Gasteiger partial charge >= 0.3 is 0 Å². The quantitative estimate of drug-likeness (QED) is 0.613. The summed E-state index contributed by atoms with van der Waals surface area (Å²) in [4.78, 5) is 19.2. The van der Waals surface area contributed by atoms with Crippen molar-refractivity contribution in [3.63, 3.8) is 0 Å². The van der Waals surface area contributed by atoms with E-state index in [1.54, 1.807) is 0 Å². The van der Waals surface area contributed by atoms with Crippen LogP contribution in [0.1, 0.15) is 20.8 Å². The van der Waals surface area contributed by atoms with Gasteiger partial charge in [0.25, 0.3) is 0 Å². The van der Waals surface area contributed by atoms with Gasteiger partial charge in [-0.2, -0.15) is 0 Å². The summed E-state index contributed by atoms with van der Waals surface area (Å²) >= 11 is 0. The molecule has 0 saturated heterocycles. The van der Waals surface area contributed by atoms with Crippen LogP contribution in [0, 0.1) is 5.41 Å². The van der Waals surface area contributed by atoms with Gasteiger partial charge < -0.3 is 5.73 Å². The van der Waals surface area contributed by atoms with Crippen LogP contribution in [-0.2, 0) is 4.79 Å². The molecule has 1 aliphatic heterocycles. The molecule has 0 aromatic rings. The minimum absolute atomic E-state index is 0.0201. The fraction of sp³-hybridized carbons (Fsp3) is 0.625. The Kier molecular flexibility index (Phi) is 2.00. The zero-order chi connectivity index (χ0) is 9.35. The third-order valence-corrected chi connectivity index (χ3v) is 1.58. The molecule has 0 aromatic heterocycles. The van der Waals surface area contributed by atoms with Gasteiger partial charge in [-0.05, 0) is 0 Å². The predicted octanol–water partition coefficient (Wildman–Crippen LogP) is 0.371. The molecule has 0 saturated carbocycles. The standard InChI is InChI=1S/C8H13N3O/c1-8(2,3)6(12)5-4-10-7(9)11-5/h4H2,1-3H3,(H2,9,10). The van der Waals surface area contributed by atoms with E-state index in [0.717, 1.165) is 0 Å². The van der Waals surface area contributed by atoms with Crippen LogP contribution in [0.25, 0.3) is 0 Å². The monoisotopic (exact) mass is 167 g/mol. The van der Waals surface area contributed by atoms with E-state index < -0.39 is 0 Å². The smallest absolute Gasteiger partial charge is 0.216 e. The minimum Gasteiger partial charge on any atom is -0.368 e. The van der Waals surface area contributed by atoms with Crippen molar-refractivity contribution in [3.05, 3.63) is 0 Å². The van der Waals surface area contributed by atoms with Gasteiger partial charge in [0.2, 0.25) is 5.96 Å². The summed E-state index contributed by atoms with van der Waals surface area (Å²) in [5.41, 5.74) is 5.40. The van der Waals surface area contributed by atoms with E-state index in [4.69, 9.17) is 5.73 Å². The topological polar surface area (TPSA) is 67.8 Å². The third kappa shape index (κ3) is 1.69.